The molecule has 0 atom stereocenters. The number of carbonyl (C=O) groups excluding carboxylic acids is 1. The smallest absolute Gasteiger partial charge is 0.219 e. The highest BCUT2D eigenvalue weighted by molar-refractivity contribution is 5.73. The molecule has 0 aliphatic carbocycles. The van der Waals surface area contributed by atoms with Gasteiger partial charge >= 0.3 is 0 Å². The number of hydrogen-bond donors (Lipinski definition) is 0. The standard InChI is InChI=1S/C16H31NO/c1-15-11-7-3-5-9-13-17(16(2)18)14-10-6-4-8-12-15/h15H,3-14H2,1-2H3. The fraction of sp³-hybridized carbons (Fsp3) is 0.938. The maximum absolute atomic E-state index is 11.5. The van der Waals surface area contributed by atoms with Crippen LogP contribution in [0, 0.1) is 5.92 Å². The molecule has 1 amide bonds. The lowest BCUT2D eigenvalue weighted by Crippen LogP contribution is -2.30. The van der Waals surface area contributed by atoms with E-state index in [1.165, 1.54) is 64.2 Å². The zero-order valence-corrected chi connectivity index (χ0v) is 12.4. The Bertz CT molecular complexity index is 211. The van der Waals surface area contributed by atoms with Crippen LogP contribution in [0.15, 0.2) is 0 Å². The molecule has 0 spiro atoms. The van der Waals surface area contributed by atoms with Crippen LogP contribution in [-0.4, -0.2) is 23.9 Å². The molecule has 0 unspecified atom stereocenters. The van der Waals surface area contributed by atoms with Crippen molar-refractivity contribution in [3.8, 4) is 0 Å². The van der Waals surface area contributed by atoms with Gasteiger partial charge in [-0.3, -0.25) is 4.79 Å². The van der Waals surface area contributed by atoms with Crippen molar-refractivity contribution in [3.05, 3.63) is 0 Å². The Balaban J connectivity index is 2.32. The first kappa shape index (κ1) is 15.5. The van der Waals surface area contributed by atoms with Crippen LogP contribution in [0.4, 0.5) is 0 Å². The first-order valence-corrected chi connectivity index (χ1v) is 7.95. The largest absolute Gasteiger partial charge is 0.343 e. The lowest BCUT2D eigenvalue weighted by molar-refractivity contribution is -0.129. The maximum atomic E-state index is 11.5. The van der Waals surface area contributed by atoms with Crippen molar-refractivity contribution in [2.45, 2.75) is 78.1 Å². The molecule has 1 rings (SSSR count). The van der Waals surface area contributed by atoms with Crippen molar-refractivity contribution in [1.82, 2.24) is 4.90 Å². The van der Waals surface area contributed by atoms with Crippen molar-refractivity contribution in [2.75, 3.05) is 13.1 Å². The van der Waals surface area contributed by atoms with Gasteiger partial charge in [-0.2, -0.15) is 0 Å². The van der Waals surface area contributed by atoms with Crippen LogP contribution in [0.1, 0.15) is 78.1 Å². The number of rotatable bonds is 0. The number of nitrogens with zero attached hydrogens (tertiary/aromatic N) is 1. The molecule has 0 N–H and O–H groups in total. The summed E-state index contributed by atoms with van der Waals surface area (Å²) in [6.07, 6.45) is 13.2. The second kappa shape index (κ2) is 9.41. The summed E-state index contributed by atoms with van der Waals surface area (Å²) in [6.45, 7) is 6.07. The molecule has 0 radical (unpaired) electrons. The summed E-state index contributed by atoms with van der Waals surface area (Å²) in [6, 6.07) is 0. The summed E-state index contributed by atoms with van der Waals surface area (Å²) in [4.78, 5) is 13.6. The predicted molar refractivity (Wildman–Crippen MR) is 77.6 cm³/mol. The van der Waals surface area contributed by atoms with E-state index >= 15 is 0 Å². The lowest BCUT2D eigenvalue weighted by atomic mass is 9.96. The topological polar surface area (TPSA) is 20.3 Å². The fourth-order valence-electron chi connectivity index (χ4n) is 2.87. The molecule has 1 heterocycles. The third-order valence-corrected chi connectivity index (χ3v) is 4.20. The summed E-state index contributed by atoms with van der Waals surface area (Å²) in [5.41, 5.74) is 0. The molecule has 1 fully saturated rings. The van der Waals surface area contributed by atoms with E-state index in [1.807, 2.05) is 4.90 Å². The third-order valence-electron chi connectivity index (χ3n) is 4.20. The molecule has 0 aromatic rings. The Labute approximate surface area is 113 Å². The highest BCUT2D eigenvalue weighted by atomic mass is 16.2. The van der Waals surface area contributed by atoms with Gasteiger partial charge in [-0.25, -0.2) is 0 Å². The third kappa shape index (κ3) is 7.03. The molecule has 0 aromatic carbocycles. The quantitative estimate of drug-likeness (QED) is 0.627. The second-order valence-corrected chi connectivity index (χ2v) is 6.02. The maximum Gasteiger partial charge on any atom is 0.219 e. The summed E-state index contributed by atoms with van der Waals surface area (Å²) < 4.78 is 0. The van der Waals surface area contributed by atoms with E-state index in [9.17, 15) is 4.79 Å². The highest BCUT2D eigenvalue weighted by Gasteiger charge is 2.09. The van der Waals surface area contributed by atoms with Crippen molar-refractivity contribution >= 4 is 5.91 Å². The molecule has 0 bridgehead atoms. The van der Waals surface area contributed by atoms with Crippen LogP contribution in [-0.2, 0) is 4.79 Å². The minimum absolute atomic E-state index is 0.260. The Morgan fingerprint density at radius 1 is 0.833 bits per heavy atom. The van der Waals surface area contributed by atoms with Crippen LogP contribution >= 0.6 is 0 Å². The van der Waals surface area contributed by atoms with Gasteiger partial charge in [-0.1, -0.05) is 58.3 Å². The van der Waals surface area contributed by atoms with Crippen LogP contribution in [0.2, 0.25) is 0 Å². The van der Waals surface area contributed by atoms with Crippen molar-refractivity contribution in [1.29, 1.82) is 0 Å². The van der Waals surface area contributed by atoms with E-state index in [0.29, 0.717) is 0 Å². The van der Waals surface area contributed by atoms with Gasteiger partial charge in [0.2, 0.25) is 5.91 Å². The Hall–Kier alpha value is -0.530. The van der Waals surface area contributed by atoms with E-state index in [1.54, 1.807) is 6.92 Å². The SMILES string of the molecule is CC(=O)N1CCCCCCC(C)CCCCCC1. The Morgan fingerprint density at radius 3 is 1.72 bits per heavy atom. The minimum atomic E-state index is 0.260. The van der Waals surface area contributed by atoms with Crippen LogP contribution in [0.5, 0.6) is 0 Å². The molecule has 106 valence electrons. The van der Waals surface area contributed by atoms with Crippen molar-refractivity contribution in [2.24, 2.45) is 5.92 Å². The predicted octanol–water partition coefficient (Wildman–Crippen LogP) is 4.39. The molecule has 2 heteroatoms. The van der Waals surface area contributed by atoms with Gasteiger partial charge in [0.1, 0.15) is 0 Å². The first-order chi connectivity index (χ1) is 8.70. The molecule has 18 heavy (non-hydrogen) atoms. The summed E-state index contributed by atoms with van der Waals surface area (Å²) in [5, 5.41) is 0. The molecule has 1 aliphatic heterocycles. The number of hydrogen-bond acceptors (Lipinski definition) is 1. The average molecular weight is 253 g/mol. The molecular weight excluding hydrogens is 222 g/mol. The highest BCUT2D eigenvalue weighted by Crippen LogP contribution is 2.18. The summed E-state index contributed by atoms with van der Waals surface area (Å²) in [7, 11) is 0. The van der Waals surface area contributed by atoms with Crippen LogP contribution in [0.25, 0.3) is 0 Å². The Kier molecular flexibility index (Phi) is 8.11. The van der Waals surface area contributed by atoms with E-state index < -0.39 is 0 Å². The first-order valence-electron chi connectivity index (χ1n) is 7.95. The molecular formula is C16H31NO. The molecule has 0 saturated carbocycles. The number of amides is 1. The summed E-state index contributed by atoms with van der Waals surface area (Å²) in [5.74, 6) is 1.18. The zero-order valence-electron chi connectivity index (χ0n) is 12.4. The Morgan fingerprint density at radius 2 is 1.28 bits per heavy atom. The van der Waals surface area contributed by atoms with E-state index in [-0.39, 0.29) is 5.91 Å². The molecule has 1 aliphatic rings. The zero-order chi connectivity index (χ0) is 13.2. The van der Waals surface area contributed by atoms with E-state index in [0.717, 1.165) is 19.0 Å². The van der Waals surface area contributed by atoms with Gasteiger partial charge in [0.15, 0.2) is 0 Å². The molecule has 1 saturated heterocycles. The monoisotopic (exact) mass is 253 g/mol. The van der Waals surface area contributed by atoms with Gasteiger partial charge in [-0.15, -0.1) is 0 Å². The molecule has 0 aromatic heterocycles. The van der Waals surface area contributed by atoms with Gasteiger partial charge in [0.05, 0.1) is 0 Å². The fourth-order valence-corrected chi connectivity index (χ4v) is 2.87. The molecule has 2 nitrogen and oxygen atoms in total. The lowest BCUT2D eigenvalue weighted by Gasteiger charge is -2.21. The second-order valence-electron chi connectivity index (χ2n) is 6.02. The van der Waals surface area contributed by atoms with Crippen molar-refractivity contribution in [3.63, 3.8) is 0 Å². The average Bonchev–Trinajstić information content (AvgIpc) is 2.34. The van der Waals surface area contributed by atoms with Crippen LogP contribution < -0.4 is 0 Å². The number of carbonyl (C=O) groups is 1. The van der Waals surface area contributed by atoms with E-state index in [2.05, 4.69) is 6.92 Å². The van der Waals surface area contributed by atoms with Gasteiger partial charge in [0, 0.05) is 20.0 Å². The normalized spacial score (nSPS) is 22.4. The van der Waals surface area contributed by atoms with Gasteiger partial charge in [0.25, 0.3) is 0 Å². The van der Waals surface area contributed by atoms with Crippen molar-refractivity contribution < 1.29 is 4.79 Å². The van der Waals surface area contributed by atoms with Crippen LogP contribution in [0.3, 0.4) is 0 Å². The summed E-state index contributed by atoms with van der Waals surface area (Å²) >= 11 is 0. The van der Waals surface area contributed by atoms with Gasteiger partial charge in [-0.05, 0) is 18.8 Å². The minimum Gasteiger partial charge on any atom is -0.343 e. The van der Waals surface area contributed by atoms with Gasteiger partial charge < -0.3 is 4.90 Å². The van der Waals surface area contributed by atoms with E-state index in [4.69, 9.17) is 0 Å².